The molecule has 7 nitrogen and oxygen atoms in total. The minimum absolute atomic E-state index is 0.0699. The molecule has 2 aliphatic rings. The Hall–Kier alpha value is -3.38. The van der Waals surface area contributed by atoms with Crippen LogP contribution in [0.1, 0.15) is 41.7 Å². The predicted molar refractivity (Wildman–Crippen MR) is 96.4 cm³/mol. The van der Waals surface area contributed by atoms with Crippen LogP contribution in [0.25, 0.3) is 11.3 Å². The number of halogens is 6. The number of carbonyl (C=O) groups excluding carboxylic acids is 2. The van der Waals surface area contributed by atoms with E-state index in [2.05, 4.69) is 20.0 Å². The van der Waals surface area contributed by atoms with Crippen molar-refractivity contribution in [3.05, 3.63) is 41.2 Å². The van der Waals surface area contributed by atoms with Crippen LogP contribution in [0.4, 0.5) is 37.0 Å². The lowest BCUT2D eigenvalue weighted by Crippen LogP contribution is -2.34. The van der Waals surface area contributed by atoms with Crippen LogP contribution in [0.15, 0.2) is 24.4 Å². The van der Waals surface area contributed by atoms with Gasteiger partial charge in [-0.1, -0.05) is 0 Å². The third-order valence-corrected chi connectivity index (χ3v) is 5.11. The molecule has 2 aliphatic heterocycles. The van der Waals surface area contributed by atoms with E-state index in [0.29, 0.717) is 12.5 Å². The molecule has 2 aromatic rings. The number of piperidine rings is 1. The summed E-state index contributed by atoms with van der Waals surface area (Å²) in [5.74, 6) is -1.49. The number of nitrogens with zero attached hydrogens (tertiary/aromatic N) is 2. The Bertz CT molecular complexity index is 1090. The van der Waals surface area contributed by atoms with E-state index >= 15 is 0 Å². The van der Waals surface area contributed by atoms with Crippen molar-refractivity contribution >= 4 is 17.8 Å². The second-order valence-electron chi connectivity index (χ2n) is 7.28. The van der Waals surface area contributed by atoms with Gasteiger partial charge >= 0.3 is 18.4 Å². The van der Waals surface area contributed by atoms with E-state index < -0.39 is 53.1 Å². The first-order chi connectivity index (χ1) is 14.9. The number of hydrogen-bond acceptors (Lipinski definition) is 5. The van der Waals surface area contributed by atoms with Gasteiger partial charge in [0.1, 0.15) is 5.82 Å². The summed E-state index contributed by atoms with van der Waals surface area (Å²) in [6.07, 6.45) is -12.7. The van der Waals surface area contributed by atoms with Crippen molar-refractivity contribution in [2.45, 2.75) is 37.2 Å². The second kappa shape index (κ2) is 7.64. The van der Waals surface area contributed by atoms with Gasteiger partial charge < -0.3 is 10.1 Å². The summed E-state index contributed by atoms with van der Waals surface area (Å²) < 4.78 is 85.9. The molecule has 1 fully saturated rings. The first-order valence-corrected chi connectivity index (χ1v) is 9.33. The van der Waals surface area contributed by atoms with E-state index in [0.717, 1.165) is 18.3 Å². The Morgan fingerprint density at radius 2 is 1.84 bits per heavy atom. The van der Waals surface area contributed by atoms with E-state index in [-0.39, 0.29) is 30.1 Å². The van der Waals surface area contributed by atoms with Crippen LogP contribution in [-0.4, -0.2) is 34.7 Å². The number of aromatic nitrogens is 2. The van der Waals surface area contributed by atoms with Crippen LogP contribution < -0.4 is 10.6 Å². The molecule has 2 aromatic heterocycles. The van der Waals surface area contributed by atoms with Crippen molar-refractivity contribution in [1.29, 1.82) is 0 Å². The average molecular weight is 460 g/mol. The average Bonchev–Trinajstić information content (AvgIpc) is 2.71. The molecular formula is C19H14F6N4O3. The van der Waals surface area contributed by atoms with Crippen molar-refractivity contribution < 1.29 is 40.7 Å². The van der Waals surface area contributed by atoms with Crippen molar-refractivity contribution in [2.75, 3.05) is 11.9 Å². The monoisotopic (exact) mass is 460 g/mol. The predicted octanol–water partition coefficient (Wildman–Crippen LogP) is 4.32. The summed E-state index contributed by atoms with van der Waals surface area (Å²) in [5.41, 5.74) is -2.59. The number of anilines is 1. The number of cyclic esters (lactones) is 1. The molecule has 2 amide bonds. The first kappa shape index (κ1) is 21.8. The lowest BCUT2D eigenvalue weighted by molar-refractivity contribution is -0.206. The first-order valence-electron chi connectivity index (χ1n) is 9.33. The number of amides is 2. The highest BCUT2D eigenvalue weighted by Gasteiger charge is 2.49. The third-order valence-electron chi connectivity index (χ3n) is 5.11. The fourth-order valence-electron chi connectivity index (χ4n) is 3.68. The molecule has 4 rings (SSSR count). The van der Waals surface area contributed by atoms with Gasteiger partial charge in [-0.2, -0.15) is 26.3 Å². The van der Waals surface area contributed by atoms with Crippen molar-refractivity contribution in [2.24, 2.45) is 0 Å². The fraction of sp³-hybridized carbons (Fsp3) is 0.368. The van der Waals surface area contributed by atoms with E-state index in [9.17, 15) is 35.9 Å². The minimum Gasteiger partial charge on any atom is -0.431 e. The van der Waals surface area contributed by atoms with E-state index in [4.69, 9.17) is 0 Å². The van der Waals surface area contributed by atoms with Crippen LogP contribution in [0.5, 0.6) is 0 Å². The van der Waals surface area contributed by atoms with Crippen LogP contribution in [0.3, 0.4) is 0 Å². The molecule has 2 N–H and O–H groups in total. The lowest BCUT2D eigenvalue weighted by atomic mass is 9.91. The Balaban J connectivity index is 1.91. The summed E-state index contributed by atoms with van der Waals surface area (Å²) in [6, 6.07) is 2.48. The molecule has 4 heterocycles. The molecule has 0 aliphatic carbocycles. The molecule has 0 aromatic carbocycles. The molecule has 1 saturated heterocycles. The van der Waals surface area contributed by atoms with Gasteiger partial charge in [0.2, 0.25) is 12.0 Å². The third kappa shape index (κ3) is 4.18. The van der Waals surface area contributed by atoms with E-state index in [1.807, 2.05) is 5.32 Å². The Kier molecular flexibility index (Phi) is 5.21. The maximum atomic E-state index is 13.6. The van der Waals surface area contributed by atoms with Gasteiger partial charge in [0, 0.05) is 36.3 Å². The van der Waals surface area contributed by atoms with Gasteiger partial charge in [-0.3, -0.25) is 15.1 Å². The van der Waals surface area contributed by atoms with Crippen molar-refractivity contribution in [3.63, 3.8) is 0 Å². The summed E-state index contributed by atoms with van der Waals surface area (Å²) in [4.78, 5) is 31.1. The highest BCUT2D eigenvalue weighted by Crippen LogP contribution is 2.46. The van der Waals surface area contributed by atoms with Gasteiger partial charge in [0.05, 0.1) is 16.8 Å². The molecule has 2 atom stereocenters. The topological polar surface area (TPSA) is 93.2 Å². The Labute approximate surface area is 176 Å². The SMILES string of the molecule is O=C1CC(c2cc(C(F)(F)F)cc(-c3ccnc4c3C(C(F)(F)F)OC(=O)N4)n2)CCN1. The highest BCUT2D eigenvalue weighted by molar-refractivity contribution is 5.89. The number of rotatable bonds is 2. The van der Waals surface area contributed by atoms with E-state index in [1.54, 1.807) is 0 Å². The zero-order chi connectivity index (χ0) is 23.3. The quantitative estimate of drug-likeness (QED) is 0.652. The zero-order valence-corrected chi connectivity index (χ0v) is 16.0. The van der Waals surface area contributed by atoms with Crippen molar-refractivity contribution in [3.8, 4) is 11.3 Å². The van der Waals surface area contributed by atoms with Crippen LogP contribution >= 0.6 is 0 Å². The normalized spacial score (nSPS) is 21.3. The molecule has 170 valence electrons. The summed E-state index contributed by atoms with van der Waals surface area (Å²) >= 11 is 0. The van der Waals surface area contributed by atoms with E-state index in [1.165, 1.54) is 0 Å². The molecule has 0 spiro atoms. The number of ether oxygens (including phenoxy) is 1. The number of hydrogen-bond donors (Lipinski definition) is 2. The Morgan fingerprint density at radius 3 is 2.50 bits per heavy atom. The number of alkyl halides is 6. The summed E-state index contributed by atoms with van der Waals surface area (Å²) in [7, 11) is 0. The molecular weight excluding hydrogens is 446 g/mol. The van der Waals surface area contributed by atoms with Gasteiger partial charge in [0.15, 0.2) is 0 Å². The number of nitrogens with one attached hydrogen (secondary N) is 2. The van der Waals surface area contributed by atoms with Gasteiger partial charge in [-0.15, -0.1) is 0 Å². The molecule has 0 radical (unpaired) electrons. The number of carbonyl (C=O) groups is 2. The summed E-state index contributed by atoms with van der Waals surface area (Å²) in [6.45, 7) is 0.234. The summed E-state index contributed by atoms with van der Waals surface area (Å²) in [5, 5.41) is 4.59. The molecule has 32 heavy (non-hydrogen) atoms. The molecule has 0 saturated carbocycles. The van der Waals surface area contributed by atoms with Crippen LogP contribution in [-0.2, 0) is 15.7 Å². The van der Waals surface area contributed by atoms with Gasteiger partial charge in [-0.05, 0) is 24.6 Å². The number of fused-ring (bicyclic) bond motifs is 1. The molecule has 2 unspecified atom stereocenters. The molecule has 0 bridgehead atoms. The maximum absolute atomic E-state index is 13.6. The maximum Gasteiger partial charge on any atom is 0.430 e. The van der Waals surface area contributed by atoms with Crippen LogP contribution in [0, 0.1) is 0 Å². The van der Waals surface area contributed by atoms with Crippen LogP contribution in [0.2, 0.25) is 0 Å². The second-order valence-corrected chi connectivity index (χ2v) is 7.28. The lowest BCUT2D eigenvalue weighted by Gasteiger charge is -2.29. The van der Waals surface area contributed by atoms with Gasteiger partial charge in [0.25, 0.3) is 0 Å². The zero-order valence-electron chi connectivity index (χ0n) is 16.0. The van der Waals surface area contributed by atoms with Crippen molar-refractivity contribution in [1.82, 2.24) is 15.3 Å². The fourth-order valence-corrected chi connectivity index (χ4v) is 3.68. The standard InChI is InChI=1S/C19H14F6N4O3/c20-18(21,22)9-6-11(8-1-3-26-13(30)5-8)28-12(7-9)10-2-4-27-16-14(10)15(19(23,24)25)32-17(31)29-16/h2,4,6-8,15H,1,3,5H2,(H,26,30)(H,27,29,31). The Morgan fingerprint density at radius 1 is 1.09 bits per heavy atom. The van der Waals surface area contributed by atoms with Gasteiger partial charge in [-0.25, -0.2) is 9.78 Å². The minimum atomic E-state index is -5.05. The smallest absolute Gasteiger partial charge is 0.430 e. The number of pyridine rings is 2. The molecule has 13 heteroatoms. The largest absolute Gasteiger partial charge is 0.431 e. The highest BCUT2D eigenvalue weighted by atomic mass is 19.4.